The van der Waals surface area contributed by atoms with Crippen LogP contribution in [0.15, 0.2) is 45.2 Å². The fourth-order valence-electron chi connectivity index (χ4n) is 2.20. The molecule has 0 atom stereocenters. The zero-order valence-electron chi connectivity index (χ0n) is 13.1. The molecule has 2 aromatic heterocycles. The molecule has 0 unspecified atom stereocenters. The van der Waals surface area contributed by atoms with E-state index in [0.29, 0.717) is 10.6 Å². The molecule has 1 aromatic carbocycles. The maximum Gasteiger partial charge on any atom is 0.271 e. The minimum Gasteiger partial charge on any atom is -0.343 e. The van der Waals surface area contributed by atoms with Crippen molar-refractivity contribution in [1.82, 2.24) is 14.7 Å². The van der Waals surface area contributed by atoms with Crippen molar-refractivity contribution in [2.24, 2.45) is 0 Å². The lowest BCUT2D eigenvalue weighted by Crippen LogP contribution is -2.36. The first-order valence-electron chi connectivity index (χ1n) is 7.25. The molecule has 2 heterocycles. The van der Waals surface area contributed by atoms with Crippen molar-refractivity contribution in [3.05, 3.63) is 61.9 Å². The zero-order chi connectivity index (χ0) is 18.0. The second-order valence-electron chi connectivity index (χ2n) is 5.22. The molecule has 0 radical (unpaired) electrons. The average molecular weight is 421 g/mol. The van der Waals surface area contributed by atoms with Crippen molar-refractivity contribution in [1.29, 1.82) is 0 Å². The van der Waals surface area contributed by atoms with E-state index in [-0.39, 0.29) is 18.0 Å². The van der Waals surface area contributed by atoms with Crippen molar-refractivity contribution < 1.29 is 9.59 Å². The summed E-state index contributed by atoms with van der Waals surface area (Å²) < 4.78 is 2.21. The third kappa shape index (κ3) is 3.77. The van der Waals surface area contributed by atoms with Gasteiger partial charge in [0.1, 0.15) is 5.56 Å². The van der Waals surface area contributed by atoms with E-state index in [0.717, 1.165) is 10.0 Å². The summed E-state index contributed by atoms with van der Waals surface area (Å²) in [5.74, 6) is -1.02. The van der Waals surface area contributed by atoms with E-state index in [1.165, 1.54) is 21.9 Å². The van der Waals surface area contributed by atoms with Crippen molar-refractivity contribution in [3.8, 4) is 0 Å². The van der Waals surface area contributed by atoms with E-state index < -0.39 is 11.5 Å². The highest BCUT2D eigenvalue weighted by Crippen LogP contribution is 2.19. The van der Waals surface area contributed by atoms with Gasteiger partial charge in [-0.25, -0.2) is 4.98 Å². The van der Waals surface area contributed by atoms with Gasteiger partial charge in [-0.15, -0.1) is 11.3 Å². The summed E-state index contributed by atoms with van der Waals surface area (Å²) in [6, 6.07) is 5.45. The third-order valence-electron chi connectivity index (χ3n) is 3.46. The Hall–Kier alpha value is -2.52. The molecule has 0 saturated heterocycles. The molecule has 0 bridgehead atoms. The fourth-order valence-corrected chi connectivity index (χ4v) is 3.35. The van der Waals surface area contributed by atoms with Crippen molar-refractivity contribution in [2.75, 3.05) is 11.9 Å². The second-order valence-corrected chi connectivity index (χ2v) is 7.01. The number of benzene rings is 1. The minimum atomic E-state index is -0.638. The largest absolute Gasteiger partial charge is 0.343 e. The fraction of sp³-hybridized carbons (Fsp3) is 0.125. The summed E-state index contributed by atoms with van der Waals surface area (Å²) in [6.45, 7) is 1.61. The van der Waals surface area contributed by atoms with Crippen LogP contribution >= 0.6 is 27.3 Å². The van der Waals surface area contributed by atoms with E-state index in [9.17, 15) is 14.4 Å². The Labute approximate surface area is 154 Å². The maximum atomic E-state index is 12.2. The summed E-state index contributed by atoms with van der Waals surface area (Å²) in [6.07, 6.45) is 2.77. The number of carbonyl (C=O) groups excluding carboxylic acids is 2. The quantitative estimate of drug-likeness (QED) is 0.676. The molecule has 0 fully saturated rings. The first kappa shape index (κ1) is 17.3. The third-order valence-corrected chi connectivity index (χ3v) is 4.72. The normalized spacial score (nSPS) is 10.6. The molecule has 3 aromatic rings. The van der Waals surface area contributed by atoms with Crippen LogP contribution in [0.4, 0.5) is 5.69 Å². The van der Waals surface area contributed by atoms with Crippen LogP contribution in [0.3, 0.4) is 0 Å². The Kier molecular flexibility index (Phi) is 4.95. The van der Waals surface area contributed by atoms with Crippen molar-refractivity contribution in [3.63, 3.8) is 0 Å². The smallest absolute Gasteiger partial charge is 0.271 e. The molecular weight excluding hydrogens is 408 g/mol. The number of nitrogens with one attached hydrogen (secondary N) is 2. The highest BCUT2D eigenvalue weighted by atomic mass is 79.9. The minimum absolute atomic E-state index is 0.108. The van der Waals surface area contributed by atoms with Crippen LogP contribution in [0.25, 0.3) is 4.96 Å². The lowest BCUT2D eigenvalue weighted by molar-refractivity contribution is -0.115. The van der Waals surface area contributed by atoms with Crippen LogP contribution in [0, 0.1) is 6.92 Å². The van der Waals surface area contributed by atoms with Gasteiger partial charge in [-0.2, -0.15) is 0 Å². The van der Waals surface area contributed by atoms with Gasteiger partial charge in [0.15, 0.2) is 4.96 Å². The molecular formula is C16H13BrN4O3S. The lowest BCUT2D eigenvalue weighted by atomic mass is 10.2. The maximum absolute atomic E-state index is 12.2. The number of amides is 2. The molecule has 25 heavy (non-hydrogen) atoms. The molecule has 0 aliphatic heterocycles. The topological polar surface area (TPSA) is 92.6 Å². The van der Waals surface area contributed by atoms with Gasteiger partial charge in [-0.1, -0.05) is 15.9 Å². The predicted octanol–water partition coefficient (Wildman–Crippen LogP) is 2.20. The van der Waals surface area contributed by atoms with Gasteiger partial charge in [0, 0.05) is 27.9 Å². The number of nitrogens with zero attached hydrogens (tertiary/aromatic N) is 2. The van der Waals surface area contributed by atoms with Crippen LogP contribution in [0.2, 0.25) is 0 Å². The summed E-state index contributed by atoms with van der Waals surface area (Å²) in [5, 5.41) is 6.86. The number of hydrogen-bond acceptors (Lipinski definition) is 5. The number of anilines is 1. The molecule has 9 heteroatoms. The first-order valence-corrected chi connectivity index (χ1v) is 8.92. The highest BCUT2D eigenvalue weighted by Gasteiger charge is 2.15. The lowest BCUT2D eigenvalue weighted by Gasteiger charge is -2.09. The standard InChI is InChI=1S/C16H13BrN4O3S/c1-9-6-10(17)2-3-12(9)20-13(22)8-18-14(23)11-7-19-16-21(15(11)24)4-5-25-16/h2-7H,8H2,1H3,(H,18,23)(H,20,22). The highest BCUT2D eigenvalue weighted by molar-refractivity contribution is 9.10. The van der Waals surface area contributed by atoms with E-state index in [1.807, 2.05) is 19.1 Å². The molecule has 0 saturated carbocycles. The van der Waals surface area contributed by atoms with Crippen LogP contribution in [0.1, 0.15) is 15.9 Å². The predicted molar refractivity (Wildman–Crippen MR) is 99.2 cm³/mol. The Balaban J connectivity index is 1.66. The summed E-state index contributed by atoms with van der Waals surface area (Å²) in [5.41, 5.74) is 0.972. The van der Waals surface area contributed by atoms with Gasteiger partial charge < -0.3 is 10.6 Å². The number of fused-ring (bicyclic) bond motifs is 1. The molecule has 0 aliphatic rings. The van der Waals surface area contributed by atoms with E-state index >= 15 is 0 Å². The Morgan fingerprint density at radius 3 is 2.92 bits per heavy atom. The molecule has 2 amide bonds. The Morgan fingerprint density at radius 2 is 2.16 bits per heavy atom. The Morgan fingerprint density at radius 1 is 1.36 bits per heavy atom. The van der Waals surface area contributed by atoms with Gasteiger partial charge >= 0.3 is 0 Å². The number of aryl methyl sites for hydroxylation is 1. The van der Waals surface area contributed by atoms with Gasteiger partial charge in [-0.05, 0) is 30.7 Å². The number of hydrogen-bond donors (Lipinski definition) is 2. The first-order chi connectivity index (χ1) is 12.0. The average Bonchev–Trinajstić information content (AvgIpc) is 3.05. The van der Waals surface area contributed by atoms with Crippen molar-refractivity contribution >= 4 is 49.7 Å². The van der Waals surface area contributed by atoms with Crippen LogP contribution in [0.5, 0.6) is 0 Å². The van der Waals surface area contributed by atoms with Gasteiger partial charge in [0.2, 0.25) is 5.91 Å². The van der Waals surface area contributed by atoms with Crippen LogP contribution in [-0.4, -0.2) is 27.7 Å². The molecule has 2 N–H and O–H groups in total. The zero-order valence-corrected chi connectivity index (χ0v) is 15.5. The Bertz CT molecular complexity index is 1030. The monoisotopic (exact) mass is 420 g/mol. The number of thiazole rings is 1. The van der Waals surface area contributed by atoms with Crippen molar-refractivity contribution in [2.45, 2.75) is 6.92 Å². The molecule has 0 spiro atoms. The summed E-state index contributed by atoms with van der Waals surface area (Å²) in [4.78, 5) is 40.9. The molecule has 0 aliphatic carbocycles. The summed E-state index contributed by atoms with van der Waals surface area (Å²) in [7, 11) is 0. The van der Waals surface area contributed by atoms with Gasteiger partial charge in [0.05, 0.1) is 6.54 Å². The van der Waals surface area contributed by atoms with Crippen LogP contribution < -0.4 is 16.2 Å². The number of carbonyl (C=O) groups is 2. The van der Waals surface area contributed by atoms with E-state index in [4.69, 9.17) is 0 Å². The second kappa shape index (κ2) is 7.16. The molecule has 7 nitrogen and oxygen atoms in total. The van der Waals surface area contributed by atoms with Crippen LogP contribution in [-0.2, 0) is 4.79 Å². The SMILES string of the molecule is Cc1cc(Br)ccc1NC(=O)CNC(=O)c1cnc2sccn2c1=O. The summed E-state index contributed by atoms with van der Waals surface area (Å²) >= 11 is 4.65. The van der Waals surface area contributed by atoms with E-state index in [2.05, 4.69) is 31.5 Å². The number of aromatic nitrogens is 2. The molecule has 128 valence electrons. The molecule has 3 rings (SSSR count). The van der Waals surface area contributed by atoms with Gasteiger partial charge in [-0.3, -0.25) is 18.8 Å². The number of rotatable bonds is 4. The number of halogens is 1. The van der Waals surface area contributed by atoms with E-state index in [1.54, 1.807) is 17.6 Å². The van der Waals surface area contributed by atoms with Gasteiger partial charge in [0.25, 0.3) is 11.5 Å².